The molecule has 48 valence electrons. The molecule has 0 radical (unpaired) electrons. The predicted molar refractivity (Wildman–Crippen MR) is 30.3 cm³/mol. The number of aromatic nitrogens is 2. The van der Waals surface area contributed by atoms with E-state index in [2.05, 4.69) is 10.2 Å². The Balaban J connectivity index is 3.08. The number of primary amides is 1. The molecule has 0 saturated heterocycles. The summed E-state index contributed by atoms with van der Waals surface area (Å²) in [7, 11) is 0. The van der Waals surface area contributed by atoms with Crippen LogP contribution in [0.15, 0.2) is 6.20 Å². The van der Waals surface area contributed by atoms with Gasteiger partial charge in [-0.2, -0.15) is 5.10 Å². The standard InChI is InChI=1S/C4H6N4O/c5-3-2(4(6)9)1-7-8-3/h1H,(H2,6,9)(H3,5,7,8)/p+1. The van der Waals surface area contributed by atoms with Gasteiger partial charge in [-0.25, -0.2) is 0 Å². The highest BCUT2D eigenvalue weighted by atomic mass is 16.1. The maximum atomic E-state index is 10.4. The van der Waals surface area contributed by atoms with Crippen molar-refractivity contribution < 1.29 is 9.89 Å². The molecule has 5 nitrogen and oxygen atoms in total. The molecule has 0 aliphatic carbocycles. The first-order valence-corrected chi connectivity index (χ1v) is 2.36. The maximum Gasteiger partial charge on any atom is 0.258 e. The van der Waals surface area contributed by atoms with Crippen LogP contribution >= 0.6 is 0 Å². The molecule has 0 aliphatic rings. The first-order chi connectivity index (χ1) is 4.22. The van der Waals surface area contributed by atoms with Crippen LogP contribution in [0.1, 0.15) is 10.4 Å². The number of aromatic amines is 2. The van der Waals surface area contributed by atoms with Crippen molar-refractivity contribution in [3.8, 4) is 0 Å². The second kappa shape index (κ2) is 1.77. The Bertz CT molecular complexity index is 228. The molecular weight excluding hydrogens is 120 g/mol. The van der Waals surface area contributed by atoms with Crippen LogP contribution in [0.2, 0.25) is 0 Å². The first kappa shape index (κ1) is 5.61. The van der Waals surface area contributed by atoms with Crippen LogP contribution in [0.4, 0.5) is 5.82 Å². The lowest BCUT2D eigenvalue weighted by Gasteiger charge is -1.83. The molecule has 1 rings (SSSR count). The number of nitrogens with two attached hydrogens (primary N) is 2. The van der Waals surface area contributed by atoms with Crippen molar-refractivity contribution in [3.63, 3.8) is 0 Å². The largest absolute Gasteiger partial charge is 0.380 e. The zero-order valence-corrected chi connectivity index (χ0v) is 4.64. The summed E-state index contributed by atoms with van der Waals surface area (Å²) < 4.78 is 0. The van der Waals surface area contributed by atoms with Crippen LogP contribution in [0.5, 0.6) is 0 Å². The van der Waals surface area contributed by atoms with Gasteiger partial charge in [0.2, 0.25) is 6.20 Å². The van der Waals surface area contributed by atoms with Crippen molar-refractivity contribution in [3.05, 3.63) is 11.8 Å². The molecule has 0 bridgehead atoms. The van der Waals surface area contributed by atoms with Gasteiger partial charge in [-0.05, 0) is 0 Å². The number of carbonyl (C=O) groups is 1. The second-order valence-corrected chi connectivity index (χ2v) is 1.61. The number of nitrogens with one attached hydrogen (secondary N) is 2. The summed E-state index contributed by atoms with van der Waals surface area (Å²) in [6.45, 7) is 0. The fourth-order valence-corrected chi connectivity index (χ4v) is 0.535. The molecule has 5 heteroatoms. The summed E-state index contributed by atoms with van der Waals surface area (Å²) in [4.78, 5) is 10.4. The molecule has 1 heterocycles. The Morgan fingerprint density at radius 3 is 2.67 bits per heavy atom. The van der Waals surface area contributed by atoms with Crippen LogP contribution in [0.25, 0.3) is 0 Å². The predicted octanol–water partition coefficient (Wildman–Crippen LogP) is -1.49. The van der Waals surface area contributed by atoms with E-state index in [9.17, 15) is 4.79 Å². The van der Waals surface area contributed by atoms with Crippen molar-refractivity contribution >= 4 is 11.7 Å². The number of hydrogen-bond acceptors (Lipinski definition) is 2. The van der Waals surface area contributed by atoms with E-state index in [0.29, 0.717) is 0 Å². The third kappa shape index (κ3) is 0.835. The van der Waals surface area contributed by atoms with Crippen LogP contribution in [0, 0.1) is 0 Å². The monoisotopic (exact) mass is 127 g/mol. The van der Waals surface area contributed by atoms with E-state index in [0.717, 1.165) is 0 Å². The fraction of sp³-hybridized carbons (Fsp3) is 0. The topological polar surface area (TPSA) is 99.0 Å². The van der Waals surface area contributed by atoms with Crippen LogP contribution in [0.3, 0.4) is 0 Å². The molecule has 1 aromatic heterocycles. The van der Waals surface area contributed by atoms with E-state index in [4.69, 9.17) is 11.5 Å². The lowest BCUT2D eigenvalue weighted by molar-refractivity contribution is -0.447. The number of carbonyl (C=O) groups excluding carboxylic acids is 1. The van der Waals surface area contributed by atoms with E-state index >= 15 is 0 Å². The van der Waals surface area contributed by atoms with Crippen LogP contribution in [-0.2, 0) is 0 Å². The molecule has 0 saturated carbocycles. The summed E-state index contributed by atoms with van der Waals surface area (Å²) in [5, 5.41) is 5.03. The summed E-state index contributed by atoms with van der Waals surface area (Å²) in [6.07, 6.45) is 1.41. The molecule has 1 amide bonds. The van der Waals surface area contributed by atoms with E-state index in [-0.39, 0.29) is 11.4 Å². The zero-order valence-electron chi connectivity index (χ0n) is 4.64. The van der Waals surface area contributed by atoms with E-state index < -0.39 is 5.91 Å². The Labute approximate surface area is 51.0 Å². The van der Waals surface area contributed by atoms with Gasteiger partial charge in [-0.1, -0.05) is 0 Å². The number of amides is 1. The molecular formula is C4H7N4O+. The molecule has 0 atom stereocenters. The summed E-state index contributed by atoms with van der Waals surface area (Å²) in [5.74, 6) is -0.271. The number of H-pyrrole nitrogens is 2. The van der Waals surface area contributed by atoms with Gasteiger partial charge >= 0.3 is 0 Å². The number of hydrogen-bond donors (Lipinski definition) is 3. The first-order valence-electron chi connectivity index (χ1n) is 2.36. The van der Waals surface area contributed by atoms with Gasteiger partial charge in [-0.15, -0.1) is 5.10 Å². The highest BCUT2D eigenvalue weighted by molar-refractivity contribution is 5.96. The van der Waals surface area contributed by atoms with Gasteiger partial charge < -0.3 is 11.5 Å². The van der Waals surface area contributed by atoms with Crippen molar-refractivity contribution in [2.24, 2.45) is 5.73 Å². The molecule has 0 aromatic carbocycles. The van der Waals surface area contributed by atoms with Gasteiger partial charge in [0.15, 0.2) is 11.4 Å². The molecule has 0 unspecified atom stereocenters. The minimum Gasteiger partial charge on any atom is -0.380 e. The smallest absolute Gasteiger partial charge is 0.258 e. The van der Waals surface area contributed by atoms with E-state index in [1.807, 2.05) is 0 Å². The molecule has 9 heavy (non-hydrogen) atoms. The van der Waals surface area contributed by atoms with E-state index in [1.165, 1.54) is 6.20 Å². The lowest BCUT2D eigenvalue weighted by Crippen LogP contribution is -2.11. The number of rotatable bonds is 1. The minimum absolute atomic E-state index is 0.266. The number of nitrogen functional groups attached to an aromatic ring is 1. The van der Waals surface area contributed by atoms with Gasteiger partial charge in [0.05, 0.1) is 0 Å². The average Bonchev–Trinajstić information content (AvgIpc) is 2.13. The Hall–Kier alpha value is -1.52. The summed E-state index contributed by atoms with van der Waals surface area (Å²) in [6, 6.07) is 0. The highest BCUT2D eigenvalue weighted by Gasteiger charge is 2.09. The number of anilines is 1. The Morgan fingerprint density at radius 2 is 2.44 bits per heavy atom. The molecule has 0 aliphatic heterocycles. The fourth-order valence-electron chi connectivity index (χ4n) is 0.535. The third-order valence-electron chi connectivity index (χ3n) is 0.979. The van der Waals surface area contributed by atoms with Crippen LogP contribution in [-0.4, -0.2) is 11.0 Å². The minimum atomic E-state index is -0.537. The van der Waals surface area contributed by atoms with Crippen molar-refractivity contribution in [1.82, 2.24) is 5.10 Å². The van der Waals surface area contributed by atoms with E-state index in [1.54, 1.807) is 0 Å². The van der Waals surface area contributed by atoms with Gasteiger partial charge in [0.1, 0.15) is 0 Å². The third-order valence-corrected chi connectivity index (χ3v) is 0.979. The maximum absolute atomic E-state index is 10.4. The SMILES string of the molecule is NC(=O)c1c[nH+][nH]c1N. The van der Waals surface area contributed by atoms with Crippen molar-refractivity contribution in [1.29, 1.82) is 0 Å². The molecule has 0 fully saturated rings. The average molecular weight is 127 g/mol. The highest BCUT2D eigenvalue weighted by Crippen LogP contribution is 2.00. The summed E-state index contributed by atoms with van der Waals surface area (Å²) >= 11 is 0. The van der Waals surface area contributed by atoms with Crippen molar-refractivity contribution in [2.45, 2.75) is 0 Å². The zero-order chi connectivity index (χ0) is 6.85. The van der Waals surface area contributed by atoms with Gasteiger partial charge in [0, 0.05) is 0 Å². The summed E-state index contributed by atoms with van der Waals surface area (Å²) in [5.41, 5.74) is 10.4. The van der Waals surface area contributed by atoms with Gasteiger partial charge in [0.25, 0.3) is 5.91 Å². The van der Waals surface area contributed by atoms with Crippen molar-refractivity contribution in [2.75, 3.05) is 5.73 Å². The van der Waals surface area contributed by atoms with Gasteiger partial charge in [-0.3, -0.25) is 4.79 Å². The normalized spacial score (nSPS) is 9.33. The second-order valence-electron chi connectivity index (χ2n) is 1.61. The Morgan fingerprint density at radius 1 is 1.78 bits per heavy atom. The molecule has 1 aromatic rings. The Kier molecular flexibility index (Phi) is 1.11. The molecule has 0 spiro atoms. The van der Waals surface area contributed by atoms with Crippen LogP contribution < -0.4 is 16.6 Å². The lowest BCUT2D eigenvalue weighted by atomic mass is 10.3. The molecule has 6 N–H and O–H groups in total. The quantitative estimate of drug-likeness (QED) is 0.428.